The summed E-state index contributed by atoms with van der Waals surface area (Å²) < 4.78 is 23.4. The molecular weight excluding hydrogens is 285 g/mol. The van der Waals surface area contributed by atoms with Crippen molar-refractivity contribution in [3.05, 3.63) is 53.8 Å². The van der Waals surface area contributed by atoms with Crippen molar-refractivity contribution >= 4 is 11.6 Å². The van der Waals surface area contributed by atoms with E-state index in [1.165, 1.54) is 26.4 Å². The van der Waals surface area contributed by atoms with Crippen LogP contribution in [-0.4, -0.2) is 26.7 Å². The number of anilines is 1. The highest BCUT2D eigenvalue weighted by Crippen LogP contribution is 2.28. The Bertz CT molecular complexity index is 655. The molecule has 0 bridgehead atoms. The monoisotopic (exact) mass is 303 g/mol. The Kier molecular flexibility index (Phi) is 4.99. The van der Waals surface area contributed by atoms with Crippen LogP contribution in [0.2, 0.25) is 0 Å². The van der Waals surface area contributed by atoms with Crippen molar-refractivity contribution in [3.63, 3.8) is 0 Å². The minimum absolute atomic E-state index is 0.185. The van der Waals surface area contributed by atoms with Crippen molar-refractivity contribution in [1.29, 1.82) is 0 Å². The van der Waals surface area contributed by atoms with E-state index in [1.807, 2.05) is 6.92 Å². The summed E-state index contributed by atoms with van der Waals surface area (Å²) in [6, 6.07) is 10.8. The van der Waals surface area contributed by atoms with Crippen LogP contribution >= 0.6 is 0 Å². The standard InChI is InChI=1S/C17H18FNO3/c1-4-19(14-8-6-13(18)7-9-14)17(20)12-5-10-15(21-2)16(11-12)22-3/h5-11H,4H2,1-3H3. The van der Waals surface area contributed by atoms with Crippen LogP contribution in [-0.2, 0) is 0 Å². The van der Waals surface area contributed by atoms with E-state index < -0.39 is 0 Å². The van der Waals surface area contributed by atoms with Gasteiger partial charge in [-0.2, -0.15) is 0 Å². The van der Waals surface area contributed by atoms with Crippen LogP contribution in [0.4, 0.5) is 10.1 Å². The lowest BCUT2D eigenvalue weighted by molar-refractivity contribution is 0.0988. The predicted molar refractivity (Wildman–Crippen MR) is 83.3 cm³/mol. The molecule has 0 aliphatic rings. The summed E-state index contributed by atoms with van der Waals surface area (Å²) >= 11 is 0. The minimum atomic E-state index is -0.335. The zero-order valence-corrected chi connectivity index (χ0v) is 12.8. The highest BCUT2D eigenvalue weighted by molar-refractivity contribution is 6.06. The minimum Gasteiger partial charge on any atom is -0.493 e. The number of nitrogens with zero attached hydrogens (tertiary/aromatic N) is 1. The van der Waals surface area contributed by atoms with Gasteiger partial charge in [0, 0.05) is 17.8 Å². The van der Waals surface area contributed by atoms with Crippen LogP contribution in [0, 0.1) is 5.82 Å². The van der Waals surface area contributed by atoms with E-state index in [0.717, 1.165) is 0 Å². The van der Waals surface area contributed by atoms with Crippen molar-refractivity contribution < 1.29 is 18.7 Å². The Hall–Kier alpha value is -2.56. The average molecular weight is 303 g/mol. The molecule has 2 rings (SSSR count). The molecule has 0 atom stereocenters. The van der Waals surface area contributed by atoms with Gasteiger partial charge in [-0.15, -0.1) is 0 Å². The molecule has 0 N–H and O–H groups in total. The predicted octanol–water partition coefficient (Wildman–Crippen LogP) is 3.51. The van der Waals surface area contributed by atoms with Crippen molar-refractivity contribution in [2.75, 3.05) is 25.7 Å². The summed E-state index contributed by atoms with van der Waals surface area (Å²) in [5, 5.41) is 0. The molecule has 0 saturated heterocycles. The van der Waals surface area contributed by atoms with Crippen LogP contribution < -0.4 is 14.4 Å². The zero-order chi connectivity index (χ0) is 16.1. The lowest BCUT2D eigenvalue weighted by Crippen LogP contribution is -2.30. The van der Waals surface area contributed by atoms with Gasteiger partial charge < -0.3 is 14.4 Å². The maximum Gasteiger partial charge on any atom is 0.258 e. The molecule has 116 valence electrons. The highest BCUT2D eigenvalue weighted by Gasteiger charge is 2.18. The fourth-order valence-electron chi connectivity index (χ4n) is 2.19. The number of methoxy groups -OCH3 is 2. The highest BCUT2D eigenvalue weighted by atomic mass is 19.1. The van der Waals surface area contributed by atoms with Crippen molar-refractivity contribution in [2.45, 2.75) is 6.92 Å². The molecule has 2 aromatic rings. The molecule has 0 saturated carbocycles. The molecule has 4 nitrogen and oxygen atoms in total. The molecule has 22 heavy (non-hydrogen) atoms. The summed E-state index contributed by atoms with van der Waals surface area (Å²) in [7, 11) is 3.06. The van der Waals surface area contributed by atoms with E-state index in [4.69, 9.17) is 9.47 Å². The number of hydrogen-bond acceptors (Lipinski definition) is 3. The maximum absolute atomic E-state index is 13.0. The second kappa shape index (κ2) is 6.93. The smallest absolute Gasteiger partial charge is 0.258 e. The lowest BCUT2D eigenvalue weighted by atomic mass is 10.1. The number of halogens is 1. The Morgan fingerprint density at radius 2 is 1.68 bits per heavy atom. The van der Waals surface area contributed by atoms with E-state index in [0.29, 0.717) is 29.3 Å². The van der Waals surface area contributed by atoms with Gasteiger partial charge in [0.1, 0.15) is 5.82 Å². The average Bonchev–Trinajstić information content (AvgIpc) is 2.56. The van der Waals surface area contributed by atoms with E-state index >= 15 is 0 Å². The summed E-state index contributed by atoms with van der Waals surface area (Å²) in [6.45, 7) is 2.33. The Balaban J connectivity index is 2.34. The molecule has 0 heterocycles. The number of amides is 1. The zero-order valence-electron chi connectivity index (χ0n) is 12.8. The maximum atomic E-state index is 13.0. The molecule has 0 aliphatic carbocycles. The molecule has 0 spiro atoms. The van der Waals surface area contributed by atoms with Crippen LogP contribution in [0.25, 0.3) is 0 Å². The van der Waals surface area contributed by atoms with Gasteiger partial charge in [0.25, 0.3) is 5.91 Å². The lowest BCUT2D eigenvalue weighted by Gasteiger charge is -2.21. The normalized spacial score (nSPS) is 10.2. The fourth-order valence-corrected chi connectivity index (χ4v) is 2.19. The van der Waals surface area contributed by atoms with Gasteiger partial charge in [0.15, 0.2) is 11.5 Å². The van der Waals surface area contributed by atoms with Crippen LogP contribution in [0.5, 0.6) is 11.5 Å². The first-order valence-corrected chi connectivity index (χ1v) is 6.90. The molecule has 0 radical (unpaired) electrons. The quantitative estimate of drug-likeness (QED) is 0.848. The Morgan fingerprint density at radius 3 is 2.23 bits per heavy atom. The largest absolute Gasteiger partial charge is 0.493 e. The van der Waals surface area contributed by atoms with Gasteiger partial charge in [-0.05, 0) is 49.4 Å². The van der Waals surface area contributed by atoms with E-state index in [2.05, 4.69) is 0 Å². The van der Waals surface area contributed by atoms with Crippen LogP contribution in [0.3, 0.4) is 0 Å². The molecule has 2 aromatic carbocycles. The Morgan fingerprint density at radius 1 is 1.05 bits per heavy atom. The van der Waals surface area contributed by atoms with E-state index in [-0.39, 0.29) is 11.7 Å². The van der Waals surface area contributed by atoms with Crippen molar-refractivity contribution in [1.82, 2.24) is 0 Å². The van der Waals surface area contributed by atoms with Gasteiger partial charge in [0.2, 0.25) is 0 Å². The molecule has 0 aromatic heterocycles. The molecule has 1 amide bonds. The number of benzene rings is 2. The number of carbonyl (C=O) groups is 1. The summed E-state index contributed by atoms with van der Waals surface area (Å²) in [6.07, 6.45) is 0. The third kappa shape index (κ3) is 3.19. The first-order chi connectivity index (χ1) is 10.6. The van der Waals surface area contributed by atoms with E-state index in [9.17, 15) is 9.18 Å². The number of ether oxygens (including phenoxy) is 2. The number of carbonyl (C=O) groups excluding carboxylic acids is 1. The van der Waals surface area contributed by atoms with Crippen molar-refractivity contribution in [2.24, 2.45) is 0 Å². The molecule has 5 heteroatoms. The molecule has 0 fully saturated rings. The SMILES string of the molecule is CCN(C(=O)c1ccc(OC)c(OC)c1)c1ccc(F)cc1. The fraction of sp³-hybridized carbons (Fsp3) is 0.235. The third-order valence-corrected chi connectivity index (χ3v) is 3.33. The van der Waals surface area contributed by atoms with Gasteiger partial charge in [-0.3, -0.25) is 4.79 Å². The third-order valence-electron chi connectivity index (χ3n) is 3.33. The van der Waals surface area contributed by atoms with Crippen LogP contribution in [0.15, 0.2) is 42.5 Å². The molecular formula is C17H18FNO3. The molecule has 0 aliphatic heterocycles. The topological polar surface area (TPSA) is 38.8 Å². The van der Waals surface area contributed by atoms with Crippen molar-refractivity contribution in [3.8, 4) is 11.5 Å². The van der Waals surface area contributed by atoms with Gasteiger partial charge in [-0.1, -0.05) is 0 Å². The first-order valence-electron chi connectivity index (χ1n) is 6.90. The van der Waals surface area contributed by atoms with Gasteiger partial charge in [-0.25, -0.2) is 4.39 Å². The van der Waals surface area contributed by atoms with Gasteiger partial charge in [0.05, 0.1) is 14.2 Å². The summed E-state index contributed by atoms with van der Waals surface area (Å²) in [4.78, 5) is 14.2. The summed E-state index contributed by atoms with van der Waals surface area (Å²) in [5.41, 5.74) is 1.12. The van der Waals surface area contributed by atoms with E-state index in [1.54, 1.807) is 35.2 Å². The number of rotatable bonds is 5. The number of hydrogen-bond donors (Lipinski definition) is 0. The Labute approximate surface area is 129 Å². The second-order valence-corrected chi connectivity index (χ2v) is 4.60. The first kappa shape index (κ1) is 15.8. The molecule has 0 unspecified atom stereocenters. The van der Waals surface area contributed by atoms with Gasteiger partial charge >= 0.3 is 0 Å². The van der Waals surface area contributed by atoms with Crippen LogP contribution in [0.1, 0.15) is 17.3 Å². The summed E-state index contributed by atoms with van der Waals surface area (Å²) in [5.74, 6) is 0.529. The second-order valence-electron chi connectivity index (χ2n) is 4.60.